The zero-order valence-corrected chi connectivity index (χ0v) is 11.8. The summed E-state index contributed by atoms with van der Waals surface area (Å²) in [6.45, 7) is 2.03. The highest BCUT2D eigenvalue weighted by Crippen LogP contribution is 2.20. The van der Waals surface area contributed by atoms with E-state index in [0.717, 1.165) is 12.0 Å². The fourth-order valence-electron chi connectivity index (χ4n) is 1.64. The third kappa shape index (κ3) is 3.69. The van der Waals surface area contributed by atoms with Gasteiger partial charge in [0.2, 0.25) is 0 Å². The molecule has 1 aromatic carbocycles. The van der Waals surface area contributed by atoms with Gasteiger partial charge in [0, 0.05) is 21.8 Å². The molecule has 3 nitrogen and oxygen atoms in total. The van der Waals surface area contributed by atoms with Crippen molar-refractivity contribution in [1.29, 1.82) is 0 Å². The number of aryl methyl sites for hydroxylation is 1. The molecule has 0 aliphatic carbocycles. The van der Waals surface area contributed by atoms with E-state index in [1.165, 1.54) is 0 Å². The Bertz CT molecular complexity index is 594. The highest BCUT2D eigenvalue weighted by Gasteiger charge is 2.08. The van der Waals surface area contributed by atoms with Crippen molar-refractivity contribution in [2.75, 3.05) is 5.32 Å². The summed E-state index contributed by atoms with van der Waals surface area (Å²) in [5.74, 6) is -0.264. The molecule has 0 radical (unpaired) electrons. The number of halogens is 2. The highest BCUT2D eigenvalue weighted by molar-refractivity contribution is 6.35. The molecular formula is C14H12Cl2N2O. The molecule has 0 unspecified atom stereocenters. The molecule has 98 valence electrons. The molecule has 1 amide bonds. The summed E-state index contributed by atoms with van der Waals surface area (Å²) in [5, 5.41) is 3.63. The van der Waals surface area contributed by atoms with E-state index < -0.39 is 0 Å². The molecule has 1 heterocycles. The number of hydrogen-bond donors (Lipinski definition) is 1. The number of aromatic nitrogens is 1. The molecule has 2 rings (SSSR count). The average molecular weight is 295 g/mol. The standard InChI is InChI=1S/C14H12Cl2N2O/c1-2-9-3-13(8-17-7-9)18-14(19)10-4-11(15)6-12(16)5-10/h3-8H,2H2,1H3,(H,18,19). The van der Waals surface area contributed by atoms with Crippen molar-refractivity contribution in [3.8, 4) is 0 Å². The van der Waals surface area contributed by atoms with Gasteiger partial charge in [-0.2, -0.15) is 0 Å². The summed E-state index contributed by atoms with van der Waals surface area (Å²) >= 11 is 11.7. The van der Waals surface area contributed by atoms with Crippen LogP contribution in [0.4, 0.5) is 5.69 Å². The Hall–Kier alpha value is -1.58. The Morgan fingerprint density at radius 3 is 2.47 bits per heavy atom. The number of amides is 1. The second kappa shape index (κ2) is 6.04. The van der Waals surface area contributed by atoms with Crippen LogP contribution in [0.2, 0.25) is 10.0 Å². The quantitative estimate of drug-likeness (QED) is 0.922. The van der Waals surface area contributed by atoms with Crippen LogP contribution in [-0.2, 0) is 6.42 Å². The lowest BCUT2D eigenvalue weighted by Crippen LogP contribution is -2.12. The smallest absolute Gasteiger partial charge is 0.255 e. The molecule has 19 heavy (non-hydrogen) atoms. The fraction of sp³-hybridized carbons (Fsp3) is 0.143. The normalized spacial score (nSPS) is 10.3. The first-order valence-corrected chi connectivity index (χ1v) is 6.55. The maximum atomic E-state index is 12.1. The topological polar surface area (TPSA) is 42.0 Å². The number of nitrogens with one attached hydrogen (secondary N) is 1. The van der Waals surface area contributed by atoms with Crippen LogP contribution in [-0.4, -0.2) is 10.9 Å². The molecule has 2 aromatic rings. The van der Waals surface area contributed by atoms with Gasteiger partial charge in [0.1, 0.15) is 0 Å². The van der Waals surface area contributed by atoms with Gasteiger partial charge in [-0.3, -0.25) is 9.78 Å². The molecule has 0 saturated carbocycles. The number of benzene rings is 1. The van der Waals surface area contributed by atoms with Crippen molar-refractivity contribution in [3.05, 3.63) is 57.8 Å². The van der Waals surface area contributed by atoms with Crippen molar-refractivity contribution < 1.29 is 4.79 Å². The monoisotopic (exact) mass is 294 g/mol. The van der Waals surface area contributed by atoms with Gasteiger partial charge in [0.15, 0.2) is 0 Å². The van der Waals surface area contributed by atoms with E-state index in [-0.39, 0.29) is 5.91 Å². The molecule has 0 saturated heterocycles. The van der Waals surface area contributed by atoms with Crippen LogP contribution in [0.5, 0.6) is 0 Å². The van der Waals surface area contributed by atoms with Crippen molar-refractivity contribution >= 4 is 34.8 Å². The number of rotatable bonds is 3. The summed E-state index contributed by atoms with van der Waals surface area (Å²) in [6.07, 6.45) is 4.23. The van der Waals surface area contributed by atoms with Crippen molar-refractivity contribution in [1.82, 2.24) is 4.98 Å². The van der Waals surface area contributed by atoms with E-state index in [2.05, 4.69) is 10.3 Å². The van der Waals surface area contributed by atoms with Gasteiger partial charge in [0.25, 0.3) is 5.91 Å². The van der Waals surface area contributed by atoms with Crippen LogP contribution in [0.25, 0.3) is 0 Å². The van der Waals surface area contributed by atoms with E-state index >= 15 is 0 Å². The molecule has 0 aliphatic heterocycles. The van der Waals surface area contributed by atoms with Crippen molar-refractivity contribution in [3.63, 3.8) is 0 Å². The SMILES string of the molecule is CCc1cncc(NC(=O)c2cc(Cl)cc(Cl)c2)c1. The first-order valence-electron chi connectivity index (χ1n) is 5.80. The Balaban J connectivity index is 2.20. The van der Waals surface area contributed by atoms with Gasteiger partial charge in [-0.05, 0) is 36.2 Å². The largest absolute Gasteiger partial charge is 0.321 e. The van der Waals surface area contributed by atoms with Gasteiger partial charge >= 0.3 is 0 Å². The number of pyridine rings is 1. The highest BCUT2D eigenvalue weighted by atomic mass is 35.5. The summed E-state index contributed by atoms with van der Waals surface area (Å²) < 4.78 is 0. The molecule has 1 aromatic heterocycles. The lowest BCUT2D eigenvalue weighted by Gasteiger charge is -2.07. The van der Waals surface area contributed by atoms with E-state index in [9.17, 15) is 4.79 Å². The summed E-state index contributed by atoms with van der Waals surface area (Å²) in [6, 6.07) is 6.61. The molecular weight excluding hydrogens is 283 g/mol. The number of carbonyl (C=O) groups is 1. The Kier molecular flexibility index (Phi) is 4.40. The van der Waals surface area contributed by atoms with Gasteiger partial charge in [-0.15, -0.1) is 0 Å². The summed E-state index contributed by atoms with van der Waals surface area (Å²) in [7, 11) is 0. The molecule has 5 heteroatoms. The van der Waals surface area contributed by atoms with Crippen LogP contribution < -0.4 is 5.32 Å². The van der Waals surface area contributed by atoms with Crippen molar-refractivity contribution in [2.24, 2.45) is 0 Å². The number of nitrogens with zero attached hydrogens (tertiary/aromatic N) is 1. The van der Waals surface area contributed by atoms with Gasteiger partial charge < -0.3 is 5.32 Å². The molecule has 0 fully saturated rings. The lowest BCUT2D eigenvalue weighted by molar-refractivity contribution is 0.102. The third-order valence-corrected chi connectivity index (χ3v) is 3.02. The Labute approximate surface area is 121 Å². The van der Waals surface area contributed by atoms with E-state index in [1.807, 2.05) is 13.0 Å². The zero-order chi connectivity index (χ0) is 13.8. The first-order chi connectivity index (χ1) is 9.08. The predicted octanol–water partition coefficient (Wildman–Crippen LogP) is 4.20. The zero-order valence-electron chi connectivity index (χ0n) is 10.3. The van der Waals surface area contributed by atoms with Crippen LogP contribution in [0.15, 0.2) is 36.7 Å². The number of carbonyl (C=O) groups excluding carboxylic acids is 1. The van der Waals surface area contributed by atoms with Gasteiger partial charge in [-0.25, -0.2) is 0 Å². The molecule has 0 spiro atoms. The second-order valence-electron chi connectivity index (χ2n) is 4.05. The van der Waals surface area contributed by atoms with Crippen molar-refractivity contribution in [2.45, 2.75) is 13.3 Å². The second-order valence-corrected chi connectivity index (χ2v) is 4.92. The Morgan fingerprint density at radius 2 is 1.84 bits per heavy atom. The maximum Gasteiger partial charge on any atom is 0.255 e. The van der Waals surface area contributed by atoms with Crippen LogP contribution in [0.1, 0.15) is 22.8 Å². The molecule has 0 atom stereocenters. The third-order valence-electron chi connectivity index (χ3n) is 2.59. The van der Waals surface area contributed by atoms with Crippen LogP contribution in [0.3, 0.4) is 0 Å². The van der Waals surface area contributed by atoms with Gasteiger partial charge in [-0.1, -0.05) is 30.1 Å². The number of anilines is 1. The average Bonchev–Trinajstić information content (AvgIpc) is 2.37. The fourth-order valence-corrected chi connectivity index (χ4v) is 2.16. The van der Waals surface area contributed by atoms with Crippen LogP contribution in [0, 0.1) is 0 Å². The summed E-state index contributed by atoms with van der Waals surface area (Å²) in [4.78, 5) is 16.1. The summed E-state index contributed by atoms with van der Waals surface area (Å²) in [5.41, 5.74) is 2.13. The van der Waals surface area contributed by atoms with E-state index in [1.54, 1.807) is 30.6 Å². The minimum atomic E-state index is -0.264. The molecule has 0 bridgehead atoms. The Morgan fingerprint density at radius 1 is 1.16 bits per heavy atom. The van der Waals surface area contributed by atoms with E-state index in [0.29, 0.717) is 21.3 Å². The maximum absolute atomic E-state index is 12.1. The lowest BCUT2D eigenvalue weighted by atomic mass is 10.2. The molecule has 0 aliphatic rings. The van der Waals surface area contributed by atoms with E-state index in [4.69, 9.17) is 23.2 Å². The number of hydrogen-bond acceptors (Lipinski definition) is 2. The minimum Gasteiger partial charge on any atom is -0.321 e. The predicted molar refractivity (Wildman–Crippen MR) is 78.0 cm³/mol. The van der Waals surface area contributed by atoms with Gasteiger partial charge in [0.05, 0.1) is 11.9 Å². The minimum absolute atomic E-state index is 0.264. The molecule has 1 N–H and O–H groups in total. The van der Waals surface area contributed by atoms with Crippen LogP contribution >= 0.6 is 23.2 Å². The first kappa shape index (κ1) is 13.8.